The predicted octanol–water partition coefficient (Wildman–Crippen LogP) is 4.51. The molecule has 0 radical (unpaired) electrons. The van der Waals surface area contributed by atoms with Gasteiger partial charge in [-0.15, -0.1) is 0 Å². The molecule has 5 nitrogen and oxygen atoms in total. The van der Waals surface area contributed by atoms with Crippen LogP contribution in [0.5, 0.6) is 0 Å². The number of nitriles is 1. The van der Waals surface area contributed by atoms with Crippen molar-refractivity contribution in [2.75, 3.05) is 31.2 Å². The van der Waals surface area contributed by atoms with E-state index in [2.05, 4.69) is 51.8 Å². The van der Waals surface area contributed by atoms with E-state index in [-0.39, 0.29) is 11.2 Å². The van der Waals surface area contributed by atoms with Crippen molar-refractivity contribution >= 4 is 38.3 Å². The largest absolute Gasteiger partial charge is 0.378 e. The molecule has 1 aromatic heterocycles. The number of benzene rings is 2. The number of carbonyl (C=O) groups is 1. The quantitative estimate of drug-likeness (QED) is 0.593. The number of morpholine rings is 1. The zero-order chi connectivity index (χ0) is 20.3. The lowest BCUT2D eigenvalue weighted by atomic mass is 9.71. The molecule has 3 aromatic rings. The number of aromatic nitrogens is 1. The smallest absolute Gasteiger partial charge is 0.195 e. The summed E-state index contributed by atoms with van der Waals surface area (Å²) in [5.41, 5.74) is 5.52. The lowest BCUT2D eigenvalue weighted by Gasteiger charge is -2.35. The Labute approximate surface area is 177 Å². The van der Waals surface area contributed by atoms with Crippen molar-refractivity contribution in [1.82, 2.24) is 4.98 Å². The number of hydrogen-bond acceptors (Lipinski definition) is 4. The van der Waals surface area contributed by atoms with Crippen LogP contribution >= 0.6 is 15.9 Å². The highest BCUT2D eigenvalue weighted by Crippen LogP contribution is 2.46. The molecule has 1 saturated heterocycles. The number of ketones is 1. The number of nitrogens with zero attached hydrogens (tertiary/aromatic N) is 2. The lowest BCUT2D eigenvalue weighted by Crippen LogP contribution is -2.37. The number of halogens is 1. The van der Waals surface area contributed by atoms with Gasteiger partial charge in [-0.2, -0.15) is 5.26 Å². The molecule has 1 aliphatic heterocycles. The molecule has 6 heteroatoms. The highest BCUT2D eigenvalue weighted by atomic mass is 79.9. The first-order valence-electron chi connectivity index (χ1n) is 9.69. The molecule has 2 aliphatic rings. The van der Waals surface area contributed by atoms with Gasteiger partial charge in [-0.1, -0.05) is 19.9 Å². The van der Waals surface area contributed by atoms with Crippen LogP contribution in [0.2, 0.25) is 0 Å². The Balaban J connectivity index is 1.72. The summed E-state index contributed by atoms with van der Waals surface area (Å²) in [6.07, 6.45) is 0. The molecule has 0 unspecified atom stereocenters. The summed E-state index contributed by atoms with van der Waals surface area (Å²) < 4.78 is 6.42. The number of nitrogens with one attached hydrogen (secondary N) is 1. The Hall–Kier alpha value is -2.62. The van der Waals surface area contributed by atoms with Gasteiger partial charge < -0.3 is 14.6 Å². The number of hydrogen-bond donors (Lipinski definition) is 1. The maximum Gasteiger partial charge on any atom is 0.195 e. The van der Waals surface area contributed by atoms with Crippen LogP contribution in [0.1, 0.15) is 46.6 Å². The highest BCUT2D eigenvalue weighted by Gasteiger charge is 2.40. The maximum atomic E-state index is 13.5. The fraction of sp³-hybridized carbons (Fsp3) is 0.304. The number of carbonyl (C=O) groups excluding carboxylic acids is 1. The first kappa shape index (κ1) is 18.4. The molecule has 1 fully saturated rings. The third kappa shape index (κ3) is 2.65. The number of ether oxygens (including phenoxy) is 1. The van der Waals surface area contributed by atoms with Gasteiger partial charge in [-0.05, 0) is 45.8 Å². The van der Waals surface area contributed by atoms with Crippen LogP contribution in [0.15, 0.2) is 34.8 Å². The summed E-state index contributed by atoms with van der Waals surface area (Å²) >= 11 is 3.70. The standard InChI is InChI=1S/C23H20BrN3O2/c1-23(2)16-11-19(27-5-7-29-8-6-27)17(24)10-15(16)21(28)20-14-4-3-13(12-25)9-18(14)26-22(20)23/h3-4,9-11,26H,5-8H2,1-2H3. The topological polar surface area (TPSA) is 69.1 Å². The van der Waals surface area contributed by atoms with Gasteiger partial charge in [0.1, 0.15) is 0 Å². The van der Waals surface area contributed by atoms with E-state index in [1.54, 1.807) is 6.07 Å². The number of anilines is 1. The normalized spacial score (nSPS) is 17.7. The van der Waals surface area contributed by atoms with E-state index >= 15 is 0 Å². The minimum absolute atomic E-state index is 0.0273. The average Bonchev–Trinajstić information content (AvgIpc) is 3.12. The van der Waals surface area contributed by atoms with Crippen LogP contribution in [0.4, 0.5) is 5.69 Å². The van der Waals surface area contributed by atoms with E-state index in [1.807, 2.05) is 18.2 Å². The second-order valence-electron chi connectivity index (χ2n) is 8.15. The molecule has 1 aliphatic carbocycles. The van der Waals surface area contributed by atoms with Crippen LogP contribution < -0.4 is 4.90 Å². The Morgan fingerprint density at radius 3 is 2.69 bits per heavy atom. The van der Waals surface area contributed by atoms with Crippen molar-refractivity contribution in [2.24, 2.45) is 0 Å². The average molecular weight is 450 g/mol. The van der Waals surface area contributed by atoms with Crippen molar-refractivity contribution in [3.63, 3.8) is 0 Å². The van der Waals surface area contributed by atoms with Gasteiger partial charge in [0.2, 0.25) is 0 Å². The Bertz CT molecular complexity index is 1210. The molecule has 0 saturated carbocycles. The third-order valence-corrected chi connectivity index (χ3v) is 6.77. The fourth-order valence-corrected chi connectivity index (χ4v) is 5.15. The highest BCUT2D eigenvalue weighted by molar-refractivity contribution is 9.10. The first-order valence-corrected chi connectivity index (χ1v) is 10.5. The fourth-order valence-electron chi connectivity index (χ4n) is 4.55. The van der Waals surface area contributed by atoms with Crippen LogP contribution in [0, 0.1) is 11.3 Å². The summed E-state index contributed by atoms with van der Waals surface area (Å²) in [6, 6.07) is 11.7. The summed E-state index contributed by atoms with van der Waals surface area (Å²) in [6.45, 7) is 7.38. The molecule has 2 heterocycles. The molecule has 5 rings (SSSR count). The molecule has 0 bridgehead atoms. The zero-order valence-electron chi connectivity index (χ0n) is 16.3. The van der Waals surface area contributed by atoms with E-state index in [0.717, 1.165) is 51.0 Å². The van der Waals surface area contributed by atoms with Gasteiger partial charge in [-0.3, -0.25) is 4.79 Å². The first-order chi connectivity index (χ1) is 13.9. The van der Waals surface area contributed by atoms with E-state index in [9.17, 15) is 10.1 Å². The van der Waals surface area contributed by atoms with E-state index in [4.69, 9.17) is 4.74 Å². The second kappa shape index (κ2) is 6.45. The van der Waals surface area contributed by atoms with Crippen LogP contribution in [0.25, 0.3) is 10.9 Å². The van der Waals surface area contributed by atoms with Crippen molar-refractivity contribution in [1.29, 1.82) is 5.26 Å². The van der Waals surface area contributed by atoms with Gasteiger partial charge in [0.25, 0.3) is 0 Å². The predicted molar refractivity (Wildman–Crippen MR) is 116 cm³/mol. The summed E-state index contributed by atoms with van der Waals surface area (Å²) in [5.74, 6) is 0.0273. The maximum absolute atomic E-state index is 13.5. The summed E-state index contributed by atoms with van der Waals surface area (Å²) in [4.78, 5) is 19.3. The summed E-state index contributed by atoms with van der Waals surface area (Å²) in [5, 5.41) is 10.1. The summed E-state index contributed by atoms with van der Waals surface area (Å²) in [7, 11) is 0. The number of aromatic amines is 1. The third-order valence-electron chi connectivity index (χ3n) is 6.14. The molecule has 29 heavy (non-hydrogen) atoms. The molecule has 2 aromatic carbocycles. The van der Waals surface area contributed by atoms with E-state index < -0.39 is 0 Å². The van der Waals surface area contributed by atoms with E-state index in [0.29, 0.717) is 24.3 Å². The van der Waals surface area contributed by atoms with Crippen LogP contribution in [0.3, 0.4) is 0 Å². The van der Waals surface area contributed by atoms with Gasteiger partial charge in [-0.25, -0.2) is 0 Å². The van der Waals surface area contributed by atoms with Gasteiger partial charge in [0.05, 0.1) is 36.1 Å². The molecule has 0 spiro atoms. The monoisotopic (exact) mass is 449 g/mol. The van der Waals surface area contributed by atoms with Crippen molar-refractivity contribution in [3.05, 3.63) is 62.8 Å². The van der Waals surface area contributed by atoms with Crippen molar-refractivity contribution in [2.45, 2.75) is 19.3 Å². The minimum atomic E-state index is -0.369. The van der Waals surface area contributed by atoms with Crippen LogP contribution in [-0.2, 0) is 10.2 Å². The van der Waals surface area contributed by atoms with Gasteiger partial charge >= 0.3 is 0 Å². The Morgan fingerprint density at radius 2 is 1.97 bits per heavy atom. The Morgan fingerprint density at radius 1 is 1.21 bits per heavy atom. The molecular formula is C23H20BrN3O2. The molecule has 1 N–H and O–H groups in total. The molecule has 146 valence electrons. The van der Waals surface area contributed by atoms with Gasteiger partial charge in [0, 0.05) is 45.1 Å². The van der Waals surface area contributed by atoms with E-state index in [1.165, 1.54) is 0 Å². The molecule has 0 atom stereocenters. The van der Waals surface area contributed by atoms with Crippen molar-refractivity contribution < 1.29 is 9.53 Å². The Kier molecular flexibility index (Phi) is 4.09. The zero-order valence-corrected chi connectivity index (χ0v) is 17.9. The lowest BCUT2D eigenvalue weighted by molar-refractivity contribution is 0.103. The van der Waals surface area contributed by atoms with Gasteiger partial charge in [0.15, 0.2) is 5.78 Å². The number of fused-ring (bicyclic) bond motifs is 4. The molecular weight excluding hydrogens is 430 g/mol. The minimum Gasteiger partial charge on any atom is -0.378 e. The molecule has 0 amide bonds. The SMILES string of the molecule is CC1(C)c2cc(N3CCOCC3)c(Br)cc2C(=O)c2c1[nH]c1cc(C#N)ccc21. The second-order valence-corrected chi connectivity index (χ2v) is 9.00. The number of rotatable bonds is 1. The number of H-pyrrole nitrogens is 1. The van der Waals surface area contributed by atoms with Crippen molar-refractivity contribution in [3.8, 4) is 6.07 Å². The van der Waals surface area contributed by atoms with Crippen LogP contribution in [-0.4, -0.2) is 37.1 Å².